The fraction of sp³-hybridized carbons (Fsp3) is 0.167. The highest BCUT2D eigenvalue weighted by molar-refractivity contribution is 9.10. The third-order valence-corrected chi connectivity index (χ3v) is 2.87. The number of nitrogens with zero attached hydrogens (tertiary/aromatic N) is 2. The number of methoxy groups -OCH3 is 1. The number of rotatable bonds is 4. The Labute approximate surface area is 108 Å². The Hall–Kier alpha value is -1.62. The summed E-state index contributed by atoms with van der Waals surface area (Å²) in [6.07, 6.45) is 3.53. The Kier molecular flexibility index (Phi) is 3.93. The third kappa shape index (κ3) is 3.17. The molecule has 2 aromatic heterocycles. The molecule has 0 unspecified atom stereocenters. The molecule has 88 valence electrons. The van der Waals surface area contributed by atoms with Gasteiger partial charge in [0.15, 0.2) is 0 Å². The minimum atomic E-state index is 0.618. The van der Waals surface area contributed by atoms with Gasteiger partial charge in [-0.3, -0.25) is 0 Å². The summed E-state index contributed by atoms with van der Waals surface area (Å²) in [6, 6.07) is 7.63. The van der Waals surface area contributed by atoms with Crippen LogP contribution in [0.25, 0.3) is 0 Å². The summed E-state index contributed by atoms with van der Waals surface area (Å²) in [4.78, 5) is 8.36. The quantitative estimate of drug-likeness (QED) is 0.942. The molecule has 5 heteroatoms. The normalized spacial score (nSPS) is 10.0. The van der Waals surface area contributed by atoms with E-state index >= 15 is 0 Å². The van der Waals surface area contributed by atoms with Crippen LogP contribution in [0.1, 0.15) is 5.56 Å². The number of pyridine rings is 2. The lowest BCUT2D eigenvalue weighted by Crippen LogP contribution is -2.02. The SMILES string of the molecule is COc1ccc(CNc2ncccc2Br)cn1. The van der Waals surface area contributed by atoms with Crippen molar-refractivity contribution in [2.45, 2.75) is 6.54 Å². The highest BCUT2D eigenvalue weighted by Gasteiger charge is 2.00. The van der Waals surface area contributed by atoms with Gasteiger partial charge in [-0.1, -0.05) is 6.07 Å². The molecule has 0 atom stereocenters. The van der Waals surface area contributed by atoms with Gasteiger partial charge in [-0.2, -0.15) is 0 Å². The summed E-state index contributed by atoms with van der Waals surface area (Å²) in [5.41, 5.74) is 1.07. The van der Waals surface area contributed by atoms with E-state index in [9.17, 15) is 0 Å². The van der Waals surface area contributed by atoms with Crippen LogP contribution in [0.4, 0.5) is 5.82 Å². The first-order valence-electron chi connectivity index (χ1n) is 5.13. The van der Waals surface area contributed by atoms with Gasteiger partial charge in [0, 0.05) is 25.0 Å². The van der Waals surface area contributed by atoms with Gasteiger partial charge in [0.1, 0.15) is 5.82 Å². The molecule has 0 saturated carbocycles. The second-order valence-corrected chi connectivity index (χ2v) is 4.25. The van der Waals surface area contributed by atoms with E-state index in [0.29, 0.717) is 12.4 Å². The predicted octanol–water partition coefficient (Wildman–Crippen LogP) is 2.86. The maximum Gasteiger partial charge on any atom is 0.212 e. The maximum absolute atomic E-state index is 5.00. The highest BCUT2D eigenvalue weighted by Crippen LogP contribution is 2.19. The molecule has 0 aliphatic rings. The first kappa shape index (κ1) is 11.9. The Morgan fingerprint density at radius 2 is 2.18 bits per heavy atom. The van der Waals surface area contributed by atoms with Gasteiger partial charge < -0.3 is 10.1 Å². The molecule has 0 bridgehead atoms. The topological polar surface area (TPSA) is 47.0 Å². The number of ether oxygens (including phenoxy) is 1. The number of anilines is 1. The average molecular weight is 294 g/mol. The Morgan fingerprint density at radius 3 is 2.82 bits per heavy atom. The lowest BCUT2D eigenvalue weighted by Gasteiger charge is -2.07. The van der Waals surface area contributed by atoms with Gasteiger partial charge in [-0.25, -0.2) is 9.97 Å². The van der Waals surface area contributed by atoms with Gasteiger partial charge in [-0.05, 0) is 33.6 Å². The summed E-state index contributed by atoms with van der Waals surface area (Å²) in [5, 5.41) is 3.23. The van der Waals surface area contributed by atoms with Crippen LogP contribution in [-0.4, -0.2) is 17.1 Å². The van der Waals surface area contributed by atoms with E-state index in [1.54, 1.807) is 19.5 Å². The third-order valence-electron chi connectivity index (χ3n) is 2.23. The summed E-state index contributed by atoms with van der Waals surface area (Å²) in [7, 11) is 1.60. The maximum atomic E-state index is 5.00. The molecule has 0 amide bonds. The first-order valence-corrected chi connectivity index (χ1v) is 5.92. The van der Waals surface area contributed by atoms with Crippen molar-refractivity contribution in [3.05, 3.63) is 46.7 Å². The van der Waals surface area contributed by atoms with Crippen molar-refractivity contribution in [3.8, 4) is 5.88 Å². The summed E-state index contributed by atoms with van der Waals surface area (Å²) in [5.74, 6) is 1.44. The zero-order chi connectivity index (χ0) is 12.1. The Balaban J connectivity index is 2.00. The van der Waals surface area contributed by atoms with Gasteiger partial charge >= 0.3 is 0 Å². The standard InChI is InChI=1S/C12H12BrN3O/c1-17-11-5-4-9(7-15-11)8-16-12-10(13)3-2-6-14-12/h2-7H,8H2,1H3,(H,14,16). The van der Waals surface area contributed by atoms with Gasteiger partial charge in [0.2, 0.25) is 5.88 Å². The van der Waals surface area contributed by atoms with E-state index in [-0.39, 0.29) is 0 Å². The molecule has 0 saturated heterocycles. The average Bonchev–Trinajstić information content (AvgIpc) is 2.38. The van der Waals surface area contributed by atoms with E-state index in [4.69, 9.17) is 4.74 Å². The molecule has 0 radical (unpaired) electrons. The molecular formula is C12H12BrN3O. The zero-order valence-corrected chi connectivity index (χ0v) is 10.9. The molecule has 0 aliphatic heterocycles. The molecule has 2 aromatic rings. The molecule has 1 N–H and O–H groups in total. The lowest BCUT2D eigenvalue weighted by atomic mass is 10.3. The highest BCUT2D eigenvalue weighted by atomic mass is 79.9. The molecule has 0 spiro atoms. The van der Waals surface area contributed by atoms with Crippen LogP contribution in [0.15, 0.2) is 41.1 Å². The number of nitrogens with one attached hydrogen (secondary N) is 1. The summed E-state index contributed by atoms with van der Waals surface area (Å²) >= 11 is 3.43. The van der Waals surface area contributed by atoms with Crippen LogP contribution in [0.5, 0.6) is 5.88 Å². The van der Waals surface area contributed by atoms with Crippen molar-refractivity contribution in [2.75, 3.05) is 12.4 Å². The lowest BCUT2D eigenvalue weighted by molar-refractivity contribution is 0.397. The fourth-order valence-electron chi connectivity index (χ4n) is 1.34. The second-order valence-electron chi connectivity index (χ2n) is 3.40. The molecule has 0 fully saturated rings. The van der Waals surface area contributed by atoms with Crippen molar-refractivity contribution in [1.29, 1.82) is 0 Å². The van der Waals surface area contributed by atoms with Gasteiger partial charge in [0.25, 0.3) is 0 Å². The molecule has 4 nitrogen and oxygen atoms in total. The van der Waals surface area contributed by atoms with Crippen LogP contribution in [0, 0.1) is 0 Å². The Bertz CT molecular complexity index is 487. The smallest absolute Gasteiger partial charge is 0.212 e. The number of hydrogen-bond acceptors (Lipinski definition) is 4. The molecular weight excluding hydrogens is 282 g/mol. The van der Waals surface area contributed by atoms with Crippen molar-refractivity contribution >= 4 is 21.7 Å². The number of hydrogen-bond donors (Lipinski definition) is 1. The monoisotopic (exact) mass is 293 g/mol. The molecule has 0 aromatic carbocycles. The fourth-order valence-corrected chi connectivity index (χ4v) is 1.73. The van der Waals surface area contributed by atoms with Gasteiger partial charge in [0.05, 0.1) is 11.6 Å². The minimum absolute atomic E-state index is 0.618. The number of aromatic nitrogens is 2. The summed E-state index contributed by atoms with van der Waals surface area (Å²) in [6.45, 7) is 0.673. The van der Waals surface area contributed by atoms with Crippen LogP contribution in [0.2, 0.25) is 0 Å². The minimum Gasteiger partial charge on any atom is -0.481 e. The molecule has 2 heterocycles. The van der Waals surface area contributed by atoms with Crippen LogP contribution in [0.3, 0.4) is 0 Å². The van der Waals surface area contributed by atoms with Crippen LogP contribution >= 0.6 is 15.9 Å². The van der Waals surface area contributed by atoms with Crippen LogP contribution in [-0.2, 0) is 6.54 Å². The molecule has 17 heavy (non-hydrogen) atoms. The van der Waals surface area contributed by atoms with E-state index in [0.717, 1.165) is 15.9 Å². The largest absolute Gasteiger partial charge is 0.481 e. The van der Waals surface area contributed by atoms with Crippen molar-refractivity contribution in [3.63, 3.8) is 0 Å². The van der Waals surface area contributed by atoms with Crippen molar-refractivity contribution in [2.24, 2.45) is 0 Å². The second kappa shape index (κ2) is 5.63. The van der Waals surface area contributed by atoms with Crippen LogP contribution < -0.4 is 10.1 Å². The Morgan fingerprint density at radius 1 is 1.29 bits per heavy atom. The summed E-state index contributed by atoms with van der Waals surface area (Å²) < 4.78 is 5.95. The van der Waals surface area contributed by atoms with E-state index < -0.39 is 0 Å². The predicted molar refractivity (Wildman–Crippen MR) is 70.1 cm³/mol. The van der Waals surface area contributed by atoms with Crippen molar-refractivity contribution < 1.29 is 4.74 Å². The van der Waals surface area contributed by atoms with Crippen molar-refractivity contribution in [1.82, 2.24) is 9.97 Å². The van der Waals surface area contributed by atoms with E-state index in [1.807, 2.05) is 24.3 Å². The van der Waals surface area contributed by atoms with E-state index in [1.165, 1.54) is 0 Å². The molecule has 2 rings (SSSR count). The molecule has 0 aliphatic carbocycles. The number of halogens is 1. The van der Waals surface area contributed by atoms with Gasteiger partial charge in [-0.15, -0.1) is 0 Å². The zero-order valence-electron chi connectivity index (χ0n) is 9.35. The first-order chi connectivity index (χ1) is 8.29. The van der Waals surface area contributed by atoms with E-state index in [2.05, 4.69) is 31.2 Å².